The van der Waals surface area contributed by atoms with E-state index < -0.39 is 17.4 Å². The predicted octanol–water partition coefficient (Wildman–Crippen LogP) is 4.21. The van der Waals surface area contributed by atoms with Gasteiger partial charge in [0.05, 0.1) is 0 Å². The molecule has 0 aromatic heterocycles. The Kier molecular flexibility index (Phi) is 15.3. The Morgan fingerprint density at radius 1 is 0.727 bits per heavy atom. The Morgan fingerprint density at radius 2 is 1.09 bits per heavy atom. The first-order valence-electron chi connectivity index (χ1n) is 8.48. The molecule has 0 unspecified atom stereocenters. The van der Waals surface area contributed by atoms with Crippen molar-refractivity contribution >= 4 is 30.8 Å². The molecular weight excluding hydrogens is 275 g/mol. The summed E-state index contributed by atoms with van der Waals surface area (Å²) in [6.45, 7) is 3.85. The van der Waals surface area contributed by atoms with Gasteiger partial charge in [-0.25, -0.2) is 0 Å². The summed E-state index contributed by atoms with van der Waals surface area (Å²) in [5, 5.41) is 18.3. The number of carboxylic acid groups (broad SMARTS) is 2. The molecule has 126 valence electrons. The second-order valence-corrected chi connectivity index (χ2v) is 5.98. The Balaban J connectivity index is 0. The molecule has 0 aromatic rings. The van der Waals surface area contributed by atoms with E-state index in [1.54, 1.807) is 6.92 Å². The van der Waals surface area contributed by atoms with Gasteiger partial charge in [0.15, 0.2) is 5.41 Å². The number of carbonyl (C=O) groups is 2. The molecule has 0 rings (SSSR count). The number of hydrogen-bond acceptors (Lipinski definition) is 2. The zero-order valence-corrected chi connectivity index (χ0v) is 13.7. The number of aliphatic carboxylic acids is 2. The van der Waals surface area contributed by atoms with Crippen LogP contribution in [0.3, 0.4) is 0 Å². The molecule has 22 heavy (non-hydrogen) atoms. The molecule has 0 atom stereocenters. The van der Waals surface area contributed by atoms with Crippen molar-refractivity contribution in [2.75, 3.05) is 0 Å². The fourth-order valence-electron chi connectivity index (χ4n) is 2.70. The minimum atomic E-state index is -1.58. The number of unbranched alkanes of at least 4 members (excludes halogenated alkanes) is 9. The molecule has 0 aliphatic heterocycles. The van der Waals surface area contributed by atoms with Crippen LogP contribution in [-0.2, 0) is 9.59 Å². The predicted molar refractivity (Wildman–Crippen MR) is 91.6 cm³/mol. The summed E-state index contributed by atoms with van der Waals surface area (Å²) in [4.78, 5) is 22.4. The van der Waals surface area contributed by atoms with E-state index in [4.69, 9.17) is 10.2 Å². The van der Waals surface area contributed by atoms with Crippen LogP contribution in [0.2, 0.25) is 0 Å². The van der Waals surface area contributed by atoms with Gasteiger partial charge in [0.1, 0.15) is 0 Å². The van der Waals surface area contributed by atoms with Gasteiger partial charge in [0, 0.05) is 0 Å². The third-order valence-electron chi connectivity index (χ3n) is 4.38. The molecule has 0 saturated carbocycles. The van der Waals surface area contributed by atoms with Crippen LogP contribution < -0.4 is 0 Å². The molecule has 2 N–H and O–H groups in total. The maximum absolute atomic E-state index is 11.2. The average Bonchev–Trinajstić information content (AvgIpc) is 2.44. The van der Waals surface area contributed by atoms with E-state index in [9.17, 15) is 9.59 Å². The van der Waals surface area contributed by atoms with Gasteiger partial charge in [-0.15, -0.1) is 0 Å². The second-order valence-electron chi connectivity index (χ2n) is 5.98. The first-order chi connectivity index (χ1) is 10.0. The summed E-state index contributed by atoms with van der Waals surface area (Å²) in [5.41, 5.74) is -1.58. The van der Waals surface area contributed by atoms with E-state index in [-0.39, 0.29) is 31.7 Å². The van der Waals surface area contributed by atoms with Crippen molar-refractivity contribution in [1.82, 2.24) is 0 Å². The topological polar surface area (TPSA) is 74.6 Å². The van der Waals surface area contributed by atoms with Gasteiger partial charge < -0.3 is 10.2 Å². The Labute approximate surface area is 147 Å². The summed E-state index contributed by atoms with van der Waals surface area (Å²) in [5.74, 6) is -2.40. The van der Waals surface area contributed by atoms with E-state index in [0.717, 1.165) is 12.8 Å². The van der Waals surface area contributed by atoms with Crippen LogP contribution in [0.15, 0.2) is 0 Å². The van der Waals surface area contributed by atoms with Crippen LogP contribution in [0, 0.1) is 5.41 Å². The van der Waals surface area contributed by atoms with E-state index >= 15 is 0 Å². The third kappa shape index (κ3) is 8.85. The van der Waals surface area contributed by atoms with Crippen molar-refractivity contribution in [1.29, 1.82) is 0 Å². The molecule has 0 spiro atoms. The van der Waals surface area contributed by atoms with Gasteiger partial charge in [-0.1, -0.05) is 78.1 Å². The van der Waals surface area contributed by atoms with Gasteiger partial charge in [-0.05, 0) is 12.8 Å². The van der Waals surface area contributed by atoms with Crippen molar-refractivity contribution < 1.29 is 19.8 Å². The summed E-state index contributed by atoms with van der Waals surface area (Å²) in [6, 6.07) is 0. The average molecular weight is 308 g/mol. The van der Waals surface area contributed by atoms with Gasteiger partial charge in [-0.3, -0.25) is 9.59 Å². The van der Waals surface area contributed by atoms with E-state index in [1.807, 2.05) is 0 Å². The SMILES string of the molecule is CCCCCCCCCCCCC(CC)(C(=O)O)C(=O)O.[LiH]. The molecular formula is C17H33LiO4. The van der Waals surface area contributed by atoms with Crippen molar-refractivity contribution in [2.24, 2.45) is 5.41 Å². The monoisotopic (exact) mass is 308 g/mol. The van der Waals surface area contributed by atoms with Gasteiger partial charge in [-0.2, -0.15) is 0 Å². The van der Waals surface area contributed by atoms with Crippen molar-refractivity contribution in [3.05, 3.63) is 0 Å². The number of hydrogen-bond donors (Lipinski definition) is 2. The van der Waals surface area contributed by atoms with Crippen LogP contribution in [0.1, 0.15) is 90.9 Å². The van der Waals surface area contributed by atoms with Crippen LogP contribution in [0.4, 0.5) is 0 Å². The molecule has 0 saturated heterocycles. The zero-order chi connectivity index (χ0) is 16.1. The molecule has 0 heterocycles. The Hall–Kier alpha value is -0.463. The van der Waals surface area contributed by atoms with Gasteiger partial charge in [0.2, 0.25) is 0 Å². The Morgan fingerprint density at radius 3 is 1.41 bits per heavy atom. The van der Waals surface area contributed by atoms with Crippen molar-refractivity contribution in [2.45, 2.75) is 90.9 Å². The van der Waals surface area contributed by atoms with Crippen molar-refractivity contribution in [3.63, 3.8) is 0 Å². The third-order valence-corrected chi connectivity index (χ3v) is 4.38. The zero-order valence-electron chi connectivity index (χ0n) is 13.7. The van der Waals surface area contributed by atoms with E-state index in [2.05, 4.69) is 6.92 Å². The fraction of sp³-hybridized carbons (Fsp3) is 0.882. The standard InChI is InChI=1S/C17H32O4.Li.H/c1-3-5-6-7-8-9-10-11-12-13-14-17(4-2,15(18)19)16(20)21;;/h3-14H2,1-2H3,(H,18,19)(H,20,21);;. The van der Waals surface area contributed by atoms with Crippen LogP contribution in [0.5, 0.6) is 0 Å². The van der Waals surface area contributed by atoms with E-state index in [0.29, 0.717) is 6.42 Å². The summed E-state index contributed by atoms with van der Waals surface area (Å²) in [7, 11) is 0. The molecule has 0 aromatic carbocycles. The normalized spacial score (nSPS) is 11.0. The minimum absolute atomic E-state index is 0. The Bertz CT molecular complexity index is 291. The van der Waals surface area contributed by atoms with Gasteiger partial charge >= 0.3 is 30.8 Å². The second kappa shape index (κ2) is 14.2. The van der Waals surface area contributed by atoms with Crippen LogP contribution in [-0.4, -0.2) is 41.0 Å². The molecule has 0 bridgehead atoms. The molecule has 0 radical (unpaired) electrons. The fourth-order valence-corrected chi connectivity index (χ4v) is 2.70. The molecule has 0 aliphatic rings. The first-order valence-corrected chi connectivity index (χ1v) is 8.48. The molecule has 5 heteroatoms. The molecule has 0 amide bonds. The van der Waals surface area contributed by atoms with E-state index in [1.165, 1.54) is 44.9 Å². The molecule has 0 fully saturated rings. The molecule has 4 nitrogen and oxygen atoms in total. The number of carboxylic acids is 2. The van der Waals surface area contributed by atoms with Gasteiger partial charge in [0.25, 0.3) is 0 Å². The summed E-state index contributed by atoms with van der Waals surface area (Å²) in [6.07, 6.45) is 12.0. The van der Waals surface area contributed by atoms with Crippen LogP contribution >= 0.6 is 0 Å². The molecule has 0 aliphatic carbocycles. The first kappa shape index (κ1) is 23.8. The summed E-state index contributed by atoms with van der Waals surface area (Å²) >= 11 is 0. The quantitative estimate of drug-likeness (QED) is 0.286. The number of rotatable bonds is 14. The summed E-state index contributed by atoms with van der Waals surface area (Å²) < 4.78 is 0. The van der Waals surface area contributed by atoms with Crippen molar-refractivity contribution in [3.8, 4) is 0 Å². The maximum atomic E-state index is 11.2. The van der Waals surface area contributed by atoms with Crippen LogP contribution in [0.25, 0.3) is 0 Å².